The summed E-state index contributed by atoms with van der Waals surface area (Å²) in [4.78, 5) is 6.09. The number of aromatic nitrogens is 1. The first kappa shape index (κ1) is 14.9. The Morgan fingerprint density at radius 2 is 2.39 bits per heavy atom. The van der Waals surface area contributed by atoms with E-state index in [2.05, 4.69) is 10.3 Å². The van der Waals surface area contributed by atoms with Crippen LogP contribution >= 0.6 is 12.2 Å². The third-order valence-corrected chi connectivity index (χ3v) is 2.89. The Hall–Kier alpha value is -1.20. The molecule has 18 heavy (non-hydrogen) atoms. The van der Waals surface area contributed by atoms with E-state index in [-0.39, 0.29) is 0 Å². The molecule has 0 aliphatic heterocycles. The van der Waals surface area contributed by atoms with Crippen LogP contribution in [0, 0.1) is 0 Å². The van der Waals surface area contributed by atoms with Crippen LogP contribution in [0.5, 0.6) is 0 Å². The Kier molecular flexibility index (Phi) is 7.29. The minimum absolute atomic E-state index is 0.760. The average Bonchev–Trinajstić information content (AvgIpc) is 2.39. The molecule has 1 aromatic rings. The number of hydrogen-bond acceptors (Lipinski definition) is 3. The molecule has 1 aromatic heterocycles. The zero-order valence-corrected chi connectivity index (χ0v) is 11.9. The van der Waals surface area contributed by atoms with Gasteiger partial charge in [0.2, 0.25) is 0 Å². The minimum atomic E-state index is 0.760. The van der Waals surface area contributed by atoms with Crippen molar-refractivity contribution in [1.29, 1.82) is 0 Å². The van der Waals surface area contributed by atoms with Gasteiger partial charge in [-0.05, 0) is 37.2 Å². The summed E-state index contributed by atoms with van der Waals surface area (Å²) in [6.45, 7) is 5.16. The molecule has 0 spiro atoms. The molecule has 4 nitrogen and oxygen atoms in total. The molecule has 0 bridgehead atoms. The first-order valence-corrected chi connectivity index (χ1v) is 6.60. The predicted molar refractivity (Wildman–Crippen MR) is 77.4 cm³/mol. The number of nitrogens with one attached hydrogen (secondary N) is 1. The lowest BCUT2D eigenvalue weighted by atomic mass is 10.3. The summed E-state index contributed by atoms with van der Waals surface area (Å²) in [6, 6.07) is 3.98. The quantitative estimate of drug-likeness (QED) is 0.602. The molecule has 0 aromatic carbocycles. The Bertz CT molecular complexity index is 345. The van der Waals surface area contributed by atoms with Gasteiger partial charge in [0.15, 0.2) is 5.11 Å². The van der Waals surface area contributed by atoms with E-state index in [4.69, 9.17) is 17.0 Å². The summed E-state index contributed by atoms with van der Waals surface area (Å²) in [5.74, 6) is 0. The molecule has 5 heteroatoms. The Morgan fingerprint density at radius 3 is 3.06 bits per heavy atom. The second-order valence-corrected chi connectivity index (χ2v) is 4.39. The lowest BCUT2D eigenvalue weighted by molar-refractivity contribution is 0.145. The van der Waals surface area contributed by atoms with Crippen molar-refractivity contribution < 1.29 is 4.74 Å². The Morgan fingerprint density at radius 1 is 1.56 bits per heavy atom. The van der Waals surface area contributed by atoms with Crippen LogP contribution in [0.3, 0.4) is 0 Å². The maximum absolute atomic E-state index is 5.31. The molecule has 1 heterocycles. The van der Waals surface area contributed by atoms with Crippen molar-refractivity contribution in [1.82, 2.24) is 15.2 Å². The monoisotopic (exact) mass is 267 g/mol. The molecule has 0 saturated carbocycles. The van der Waals surface area contributed by atoms with Crippen molar-refractivity contribution in [2.45, 2.75) is 19.9 Å². The van der Waals surface area contributed by atoms with Crippen molar-refractivity contribution in [3.63, 3.8) is 0 Å². The lowest BCUT2D eigenvalue weighted by Crippen LogP contribution is -2.37. The fourth-order valence-corrected chi connectivity index (χ4v) is 1.65. The van der Waals surface area contributed by atoms with Gasteiger partial charge < -0.3 is 15.0 Å². The molecular formula is C13H21N3OS. The van der Waals surface area contributed by atoms with E-state index >= 15 is 0 Å². The minimum Gasteiger partial charge on any atom is -0.382 e. The van der Waals surface area contributed by atoms with Gasteiger partial charge >= 0.3 is 0 Å². The van der Waals surface area contributed by atoms with E-state index < -0.39 is 0 Å². The largest absolute Gasteiger partial charge is 0.382 e. The molecule has 0 aliphatic rings. The molecule has 100 valence electrons. The highest BCUT2D eigenvalue weighted by Crippen LogP contribution is 2.00. The number of rotatable bonds is 7. The van der Waals surface area contributed by atoms with Gasteiger partial charge in [0.25, 0.3) is 0 Å². The smallest absolute Gasteiger partial charge is 0.168 e. The first-order chi connectivity index (χ1) is 8.74. The average molecular weight is 267 g/mol. The number of nitrogens with zero attached hydrogens (tertiary/aromatic N) is 2. The van der Waals surface area contributed by atoms with Gasteiger partial charge in [0.05, 0.1) is 0 Å². The van der Waals surface area contributed by atoms with E-state index in [9.17, 15) is 0 Å². The van der Waals surface area contributed by atoms with Gasteiger partial charge in [0, 0.05) is 45.7 Å². The topological polar surface area (TPSA) is 37.4 Å². The molecule has 0 aliphatic carbocycles. The fourth-order valence-electron chi connectivity index (χ4n) is 1.49. The van der Waals surface area contributed by atoms with E-state index in [0.29, 0.717) is 0 Å². The highest BCUT2D eigenvalue weighted by Gasteiger charge is 2.04. The molecule has 0 amide bonds. The maximum atomic E-state index is 5.31. The van der Waals surface area contributed by atoms with Crippen molar-refractivity contribution in [2.24, 2.45) is 0 Å². The first-order valence-electron chi connectivity index (χ1n) is 6.19. The summed E-state index contributed by atoms with van der Waals surface area (Å²) in [6.07, 6.45) is 4.59. The van der Waals surface area contributed by atoms with Gasteiger partial charge in [-0.2, -0.15) is 0 Å². The molecule has 1 rings (SSSR count). The van der Waals surface area contributed by atoms with E-state index in [1.807, 2.05) is 37.2 Å². The SMILES string of the molecule is CCOCCCNC(=S)N(C)Cc1cccnc1. The van der Waals surface area contributed by atoms with Crippen molar-refractivity contribution >= 4 is 17.3 Å². The van der Waals surface area contributed by atoms with E-state index in [0.717, 1.165) is 43.4 Å². The second kappa shape index (κ2) is 8.83. The molecular weight excluding hydrogens is 246 g/mol. The van der Waals surface area contributed by atoms with Gasteiger partial charge in [0.1, 0.15) is 0 Å². The van der Waals surface area contributed by atoms with Crippen LogP contribution < -0.4 is 5.32 Å². The number of ether oxygens (including phenoxy) is 1. The Balaban J connectivity index is 2.21. The van der Waals surface area contributed by atoms with E-state index in [1.54, 1.807) is 6.20 Å². The third kappa shape index (κ3) is 5.93. The molecule has 1 N–H and O–H groups in total. The zero-order valence-electron chi connectivity index (χ0n) is 11.1. The summed E-state index contributed by atoms with van der Waals surface area (Å²) in [7, 11) is 1.98. The summed E-state index contributed by atoms with van der Waals surface area (Å²) < 4.78 is 5.27. The van der Waals surface area contributed by atoms with Crippen LogP contribution in [0.25, 0.3) is 0 Å². The van der Waals surface area contributed by atoms with Crippen LogP contribution in [0.1, 0.15) is 18.9 Å². The van der Waals surface area contributed by atoms with Crippen molar-refractivity contribution in [2.75, 3.05) is 26.8 Å². The Labute approximate surface area is 114 Å². The maximum Gasteiger partial charge on any atom is 0.168 e. The van der Waals surface area contributed by atoms with Crippen molar-refractivity contribution in [3.8, 4) is 0 Å². The standard InChI is InChI=1S/C13H21N3OS/c1-3-17-9-5-8-15-13(18)16(2)11-12-6-4-7-14-10-12/h4,6-7,10H,3,5,8-9,11H2,1-2H3,(H,15,18). The van der Waals surface area contributed by atoms with Crippen molar-refractivity contribution in [3.05, 3.63) is 30.1 Å². The van der Waals surface area contributed by atoms with Crippen LogP contribution in [0.4, 0.5) is 0 Å². The summed E-state index contributed by atoms with van der Waals surface area (Å²) >= 11 is 5.31. The van der Waals surface area contributed by atoms with E-state index in [1.165, 1.54) is 0 Å². The van der Waals surface area contributed by atoms with Crippen LogP contribution in [0.15, 0.2) is 24.5 Å². The fraction of sp³-hybridized carbons (Fsp3) is 0.538. The second-order valence-electron chi connectivity index (χ2n) is 4.00. The summed E-state index contributed by atoms with van der Waals surface area (Å²) in [5, 5.41) is 3.98. The number of thiocarbonyl (C=S) groups is 1. The highest BCUT2D eigenvalue weighted by atomic mass is 32.1. The predicted octanol–water partition coefficient (Wildman–Crippen LogP) is 1.81. The van der Waals surface area contributed by atoms with Gasteiger partial charge in [-0.15, -0.1) is 0 Å². The molecule has 0 saturated heterocycles. The normalized spacial score (nSPS) is 10.1. The van der Waals surface area contributed by atoms with Crippen LogP contribution in [-0.2, 0) is 11.3 Å². The van der Waals surface area contributed by atoms with Gasteiger partial charge in [-0.1, -0.05) is 6.07 Å². The molecule has 0 atom stereocenters. The van der Waals surface area contributed by atoms with Crippen LogP contribution in [0.2, 0.25) is 0 Å². The highest BCUT2D eigenvalue weighted by molar-refractivity contribution is 7.80. The zero-order chi connectivity index (χ0) is 13.2. The van der Waals surface area contributed by atoms with Gasteiger partial charge in [-0.25, -0.2) is 0 Å². The third-order valence-electron chi connectivity index (χ3n) is 2.44. The number of hydrogen-bond donors (Lipinski definition) is 1. The number of pyridine rings is 1. The molecule has 0 unspecified atom stereocenters. The lowest BCUT2D eigenvalue weighted by Gasteiger charge is -2.20. The summed E-state index contributed by atoms with van der Waals surface area (Å²) in [5.41, 5.74) is 1.15. The van der Waals surface area contributed by atoms with Crippen LogP contribution in [-0.4, -0.2) is 41.8 Å². The molecule has 0 radical (unpaired) electrons. The molecule has 0 fully saturated rings. The van der Waals surface area contributed by atoms with Gasteiger partial charge in [-0.3, -0.25) is 4.98 Å².